The molecule has 5 heteroatoms. The average Bonchev–Trinajstić information content (AvgIpc) is 3.09. The molecule has 5 nitrogen and oxygen atoms in total. The van der Waals surface area contributed by atoms with Crippen LogP contribution in [0.1, 0.15) is 24.8 Å². The van der Waals surface area contributed by atoms with Gasteiger partial charge in [-0.1, -0.05) is 12.2 Å². The highest BCUT2D eigenvalue weighted by Crippen LogP contribution is 2.32. The molecule has 1 aromatic rings. The van der Waals surface area contributed by atoms with E-state index < -0.39 is 0 Å². The van der Waals surface area contributed by atoms with Crippen molar-refractivity contribution >= 4 is 6.03 Å². The highest BCUT2D eigenvalue weighted by molar-refractivity contribution is 5.74. The lowest BCUT2D eigenvalue weighted by Gasteiger charge is -2.17. The smallest absolute Gasteiger partial charge is 0.317 e. The molecule has 2 atom stereocenters. The first-order valence-electron chi connectivity index (χ1n) is 7.89. The Morgan fingerprint density at radius 1 is 1.33 bits per heavy atom. The lowest BCUT2D eigenvalue weighted by molar-refractivity contribution is 0.206. The van der Waals surface area contributed by atoms with E-state index in [4.69, 9.17) is 0 Å². The predicted molar refractivity (Wildman–Crippen MR) is 81.9 cm³/mol. The molecule has 2 heterocycles. The molecule has 1 aliphatic carbocycles. The van der Waals surface area contributed by atoms with Crippen LogP contribution >= 0.6 is 0 Å². The summed E-state index contributed by atoms with van der Waals surface area (Å²) < 4.78 is 1.93. The summed E-state index contributed by atoms with van der Waals surface area (Å²) in [6.45, 7) is 5.43. The van der Waals surface area contributed by atoms with Crippen LogP contribution in [0.4, 0.5) is 4.79 Å². The van der Waals surface area contributed by atoms with Gasteiger partial charge in [-0.2, -0.15) is 5.10 Å². The first-order chi connectivity index (χ1) is 10.2. The van der Waals surface area contributed by atoms with Crippen molar-refractivity contribution in [3.05, 3.63) is 30.1 Å². The summed E-state index contributed by atoms with van der Waals surface area (Å²) in [7, 11) is 0. The van der Waals surface area contributed by atoms with Crippen molar-refractivity contribution in [2.24, 2.45) is 11.8 Å². The number of nitrogens with zero attached hydrogens (tertiary/aromatic N) is 3. The molecule has 2 amide bonds. The third-order valence-corrected chi connectivity index (χ3v) is 4.51. The molecular weight excluding hydrogens is 264 g/mol. The second-order valence-corrected chi connectivity index (χ2v) is 6.23. The van der Waals surface area contributed by atoms with Crippen molar-refractivity contribution in [2.45, 2.75) is 32.7 Å². The molecule has 0 radical (unpaired) electrons. The predicted octanol–water partition coefficient (Wildman–Crippen LogP) is 2.19. The van der Waals surface area contributed by atoms with Crippen LogP contribution in [0.2, 0.25) is 0 Å². The molecule has 0 bridgehead atoms. The number of allylic oxidation sites excluding steroid dienone is 2. The maximum absolute atomic E-state index is 12.2. The number of aryl methyl sites for hydroxylation is 2. The van der Waals surface area contributed by atoms with Crippen LogP contribution in [0.15, 0.2) is 24.5 Å². The molecule has 0 spiro atoms. The summed E-state index contributed by atoms with van der Waals surface area (Å²) in [6, 6.07) is 0.0982. The van der Waals surface area contributed by atoms with Crippen LogP contribution in [0, 0.1) is 18.8 Å². The molecule has 2 aliphatic rings. The molecule has 1 N–H and O–H groups in total. The number of nitrogens with one attached hydrogen (secondary N) is 1. The van der Waals surface area contributed by atoms with Gasteiger partial charge in [-0.3, -0.25) is 4.68 Å². The fourth-order valence-electron chi connectivity index (χ4n) is 3.32. The maximum atomic E-state index is 12.2. The number of carbonyl (C=O) groups excluding carboxylic acids is 1. The van der Waals surface area contributed by atoms with Crippen LogP contribution in [-0.4, -0.2) is 40.3 Å². The van der Waals surface area contributed by atoms with Gasteiger partial charge >= 0.3 is 6.03 Å². The van der Waals surface area contributed by atoms with Gasteiger partial charge in [0.05, 0.1) is 6.20 Å². The Labute approximate surface area is 126 Å². The Morgan fingerprint density at radius 3 is 2.67 bits per heavy atom. The zero-order chi connectivity index (χ0) is 14.7. The monoisotopic (exact) mass is 288 g/mol. The van der Waals surface area contributed by atoms with Crippen molar-refractivity contribution in [1.82, 2.24) is 20.0 Å². The fraction of sp³-hybridized carbons (Fsp3) is 0.625. The summed E-state index contributed by atoms with van der Waals surface area (Å²) in [6.07, 6.45) is 11.6. The summed E-state index contributed by atoms with van der Waals surface area (Å²) >= 11 is 0. The van der Waals surface area contributed by atoms with Gasteiger partial charge in [0.1, 0.15) is 0 Å². The van der Waals surface area contributed by atoms with Gasteiger partial charge in [-0.05, 0) is 43.6 Å². The van der Waals surface area contributed by atoms with E-state index in [-0.39, 0.29) is 6.03 Å². The summed E-state index contributed by atoms with van der Waals surface area (Å²) in [4.78, 5) is 14.2. The molecule has 3 rings (SSSR count). The van der Waals surface area contributed by atoms with E-state index in [1.807, 2.05) is 28.9 Å². The van der Waals surface area contributed by atoms with E-state index in [0.717, 1.165) is 38.9 Å². The molecule has 0 aromatic carbocycles. The molecule has 2 unspecified atom stereocenters. The fourth-order valence-corrected chi connectivity index (χ4v) is 3.32. The number of urea groups is 1. The minimum Gasteiger partial charge on any atom is -0.338 e. The third-order valence-electron chi connectivity index (χ3n) is 4.51. The highest BCUT2D eigenvalue weighted by atomic mass is 16.2. The number of rotatable bonds is 4. The SMILES string of the molecule is Cc1cnn(CCCNC(=O)N2CC3CC=CCC3C2)c1. The lowest BCUT2D eigenvalue weighted by atomic mass is 9.86. The molecule has 21 heavy (non-hydrogen) atoms. The Morgan fingerprint density at radius 2 is 2.05 bits per heavy atom. The number of carbonyl (C=O) groups is 1. The Bertz CT molecular complexity index is 506. The van der Waals surface area contributed by atoms with Crippen molar-refractivity contribution in [1.29, 1.82) is 0 Å². The minimum atomic E-state index is 0.0982. The molecule has 1 aliphatic heterocycles. The van der Waals surface area contributed by atoms with Crippen molar-refractivity contribution in [3.8, 4) is 0 Å². The highest BCUT2D eigenvalue weighted by Gasteiger charge is 2.34. The van der Waals surface area contributed by atoms with Gasteiger partial charge in [-0.15, -0.1) is 0 Å². The quantitative estimate of drug-likeness (QED) is 0.682. The average molecular weight is 288 g/mol. The van der Waals surface area contributed by atoms with Gasteiger partial charge in [0.15, 0.2) is 0 Å². The van der Waals surface area contributed by atoms with Crippen molar-refractivity contribution in [2.75, 3.05) is 19.6 Å². The summed E-state index contributed by atoms with van der Waals surface area (Å²) in [5.74, 6) is 1.35. The van der Waals surface area contributed by atoms with Crippen LogP contribution in [0.25, 0.3) is 0 Å². The van der Waals surface area contributed by atoms with Crippen molar-refractivity contribution in [3.63, 3.8) is 0 Å². The van der Waals surface area contributed by atoms with Crippen LogP contribution < -0.4 is 5.32 Å². The van der Waals surface area contributed by atoms with Gasteiger partial charge in [0, 0.05) is 32.4 Å². The second kappa shape index (κ2) is 6.33. The van der Waals surface area contributed by atoms with E-state index in [9.17, 15) is 4.79 Å². The number of hydrogen-bond donors (Lipinski definition) is 1. The maximum Gasteiger partial charge on any atom is 0.317 e. The van der Waals surface area contributed by atoms with Gasteiger partial charge < -0.3 is 10.2 Å². The van der Waals surface area contributed by atoms with Gasteiger partial charge in [0.25, 0.3) is 0 Å². The minimum absolute atomic E-state index is 0.0982. The Kier molecular flexibility index (Phi) is 4.27. The zero-order valence-corrected chi connectivity index (χ0v) is 12.7. The van der Waals surface area contributed by atoms with Crippen LogP contribution in [-0.2, 0) is 6.54 Å². The molecule has 0 saturated carbocycles. The van der Waals surface area contributed by atoms with E-state index in [0.29, 0.717) is 18.4 Å². The Balaban J connectivity index is 1.37. The lowest BCUT2D eigenvalue weighted by Crippen LogP contribution is -2.39. The third kappa shape index (κ3) is 3.46. The van der Waals surface area contributed by atoms with Crippen molar-refractivity contribution < 1.29 is 4.79 Å². The topological polar surface area (TPSA) is 50.2 Å². The van der Waals surface area contributed by atoms with Gasteiger partial charge in [0.2, 0.25) is 0 Å². The van der Waals surface area contributed by atoms with Crippen LogP contribution in [0.3, 0.4) is 0 Å². The van der Waals surface area contributed by atoms with E-state index in [1.54, 1.807) is 0 Å². The largest absolute Gasteiger partial charge is 0.338 e. The molecule has 1 aromatic heterocycles. The first-order valence-corrected chi connectivity index (χ1v) is 7.89. The van der Waals surface area contributed by atoms with E-state index in [1.165, 1.54) is 5.56 Å². The summed E-state index contributed by atoms with van der Waals surface area (Å²) in [5.41, 5.74) is 1.17. The van der Waals surface area contributed by atoms with E-state index in [2.05, 4.69) is 22.6 Å². The van der Waals surface area contributed by atoms with E-state index >= 15 is 0 Å². The molecule has 1 fully saturated rings. The number of aromatic nitrogens is 2. The standard InChI is InChI=1S/C16H24N4O/c1-13-9-18-20(10-13)8-4-7-17-16(21)19-11-14-5-2-3-6-15(14)12-19/h2-3,9-10,14-15H,4-8,11-12H2,1H3,(H,17,21). The second-order valence-electron chi connectivity index (χ2n) is 6.23. The zero-order valence-electron chi connectivity index (χ0n) is 12.7. The number of likely N-dealkylation sites (tertiary alicyclic amines) is 1. The number of fused-ring (bicyclic) bond motifs is 1. The number of amides is 2. The molecular formula is C16H24N4O. The van der Waals surface area contributed by atoms with Gasteiger partial charge in [-0.25, -0.2) is 4.79 Å². The Hall–Kier alpha value is -1.78. The summed E-state index contributed by atoms with van der Waals surface area (Å²) in [5, 5.41) is 7.28. The molecule has 1 saturated heterocycles. The molecule has 114 valence electrons. The first kappa shape index (κ1) is 14.2. The number of hydrogen-bond acceptors (Lipinski definition) is 2. The normalized spacial score (nSPS) is 24.1. The van der Waals surface area contributed by atoms with Crippen LogP contribution in [0.5, 0.6) is 0 Å².